The van der Waals surface area contributed by atoms with E-state index in [2.05, 4.69) is 11.8 Å². The van der Waals surface area contributed by atoms with Gasteiger partial charge in [0.05, 0.1) is 0 Å². The Kier molecular flexibility index (Phi) is 4.35. The van der Waals surface area contributed by atoms with Crippen LogP contribution in [0.4, 0.5) is 0 Å². The third kappa shape index (κ3) is 3.23. The summed E-state index contributed by atoms with van der Waals surface area (Å²) >= 11 is 5.93. The predicted molar refractivity (Wildman–Crippen MR) is 75.3 cm³/mol. The lowest BCUT2D eigenvalue weighted by molar-refractivity contribution is 0.103. The minimum Gasteiger partial charge on any atom is -0.384 e. The Labute approximate surface area is 116 Å². The molecule has 0 fully saturated rings. The van der Waals surface area contributed by atoms with Crippen LogP contribution in [0.5, 0.6) is 0 Å². The van der Waals surface area contributed by atoms with Crippen molar-refractivity contribution < 1.29 is 9.90 Å². The molecule has 3 heteroatoms. The molecule has 19 heavy (non-hydrogen) atoms. The quantitative estimate of drug-likeness (QED) is 0.673. The fraction of sp³-hybridized carbons (Fsp3) is 0.0625. The van der Waals surface area contributed by atoms with Gasteiger partial charge in [-0.3, -0.25) is 4.79 Å². The van der Waals surface area contributed by atoms with Crippen LogP contribution >= 0.6 is 11.6 Å². The van der Waals surface area contributed by atoms with Crippen molar-refractivity contribution in [2.45, 2.75) is 0 Å². The van der Waals surface area contributed by atoms with Gasteiger partial charge in [-0.2, -0.15) is 0 Å². The average Bonchev–Trinajstić information content (AvgIpc) is 2.46. The number of carbonyl (C=O) groups excluding carboxylic acids is 1. The van der Waals surface area contributed by atoms with Gasteiger partial charge in [-0.25, -0.2) is 0 Å². The summed E-state index contributed by atoms with van der Waals surface area (Å²) in [6, 6.07) is 13.9. The summed E-state index contributed by atoms with van der Waals surface area (Å²) in [4.78, 5) is 12.4. The number of carbonyl (C=O) groups is 1. The number of hydrogen-bond acceptors (Lipinski definition) is 2. The largest absolute Gasteiger partial charge is 0.384 e. The Bertz CT molecular complexity index is 651. The highest BCUT2D eigenvalue weighted by Crippen LogP contribution is 2.19. The molecular weight excluding hydrogens is 260 g/mol. The highest BCUT2D eigenvalue weighted by Gasteiger charge is 2.12. The Morgan fingerprint density at radius 3 is 2.58 bits per heavy atom. The first-order valence-electron chi connectivity index (χ1n) is 5.71. The fourth-order valence-corrected chi connectivity index (χ4v) is 1.87. The van der Waals surface area contributed by atoms with Crippen LogP contribution in [-0.4, -0.2) is 17.5 Å². The monoisotopic (exact) mass is 270 g/mol. The molecule has 0 bridgehead atoms. The maximum Gasteiger partial charge on any atom is 0.194 e. The van der Waals surface area contributed by atoms with Crippen molar-refractivity contribution in [1.82, 2.24) is 0 Å². The van der Waals surface area contributed by atoms with Crippen LogP contribution in [0, 0.1) is 11.8 Å². The van der Waals surface area contributed by atoms with Crippen molar-refractivity contribution >= 4 is 17.4 Å². The highest BCUT2D eigenvalue weighted by molar-refractivity contribution is 6.31. The molecule has 2 aromatic rings. The van der Waals surface area contributed by atoms with Gasteiger partial charge in [-0.1, -0.05) is 53.8 Å². The van der Waals surface area contributed by atoms with Gasteiger partial charge >= 0.3 is 0 Å². The number of halogens is 1. The maximum atomic E-state index is 12.4. The highest BCUT2D eigenvalue weighted by atomic mass is 35.5. The second-order valence-corrected chi connectivity index (χ2v) is 4.28. The Hall–Kier alpha value is -2.08. The number of aliphatic hydroxyl groups excluding tert-OH is 1. The van der Waals surface area contributed by atoms with Crippen LogP contribution < -0.4 is 0 Å². The predicted octanol–water partition coefficient (Wildman–Crippen LogP) is 2.91. The molecule has 0 saturated carbocycles. The van der Waals surface area contributed by atoms with E-state index in [0.717, 1.165) is 0 Å². The van der Waals surface area contributed by atoms with Gasteiger partial charge in [0.1, 0.15) is 6.61 Å². The van der Waals surface area contributed by atoms with Crippen molar-refractivity contribution in [2.24, 2.45) is 0 Å². The van der Waals surface area contributed by atoms with Gasteiger partial charge in [-0.05, 0) is 18.2 Å². The zero-order valence-corrected chi connectivity index (χ0v) is 10.8. The van der Waals surface area contributed by atoms with Gasteiger partial charge in [0.2, 0.25) is 0 Å². The molecule has 2 rings (SSSR count). The first-order valence-corrected chi connectivity index (χ1v) is 6.09. The molecule has 0 unspecified atom stereocenters. The van der Waals surface area contributed by atoms with E-state index in [1.807, 2.05) is 6.07 Å². The van der Waals surface area contributed by atoms with Gasteiger partial charge in [-0.15, -0.1) is 0 Å². The minimum absolute atomic E-state index is 0.134. The van der Waals surface area contributed by atoms with Crippen molar-refractivity contribution in [1.29, 1.82) is 0 Å². The number of hydrogen-bond donors (Lipinski definition) is 1. The van der Waals surface area contributed by atoms with Gasteiger partial charge in [0.25, 0.3) is 0 Å². The lowest BCUT2D eigenvalue weighted by Gasteiger charge is -2.05. The summed E-state index contributed by atoms with van der Waals surface area (Å²) in [7, 11) is 0. The van der Waals surface area contributed by atoms with Crippen LogP contribution in [0.25, 0.3) is 0 Å². The summed E-state index contributed by atoms with van der Waals surface area (Å²) in [6.45, 7) is -0.248. The molecule has 0 aliphatic heterocycles. The molecule has 2 nitrogen and oxygen atoms in total. The summed E-state index contributed by atoms with van der Waals surface area (Å²) in [5.41, 5.74) is 1.59. The van der Waals surface area contributed by atoms with E-state index < -0.39 is 0 Å². The first kappa shape index (κ1) is 13.4. The molecule has 0 aliphatic rings. The smallest absolute Gasteiger partial charge is 0.194 e. The van der Waals surface area contributed by atoms with Gasteiger partial charge in [0.15, 0.2) is 5.78 Å². The second-order valence-electron chi connectivity index (χ2n) is 3.84. The molecular formula is C16H11ClO2. The van der Waals surface area contributed by atoms with Gasteiger partial charge in [0, 0.05) is 21.7 Å². The Morgan fingerprint density at radius 1 is 1.16 bits per heavy atom. The SMILES string of the molecule is O=C(c1ccccc1)c1cc(Cl)ccc1C#CCO. The van der Waals surface area contributed by atoms with Crippen LogP contribution in [-0.2, 0) is 0 Å². The molecule has 0 radical (unpaired) electrons. The average molecular weight is 271 g/mol. The van der Waals surface area contributed by atoms with E-state index in [1.54, 1.807) is 42.5 Å². The molecule has 0 aliphatic carbocycles. The number of ketones is 1. The van der Waals surface area contributed by atoms with Crippen LogP contribution in [0.3, 0.4) is 0 Å². The molecule has 0 saturated heterocycles. The van der Waals surface area contributed by atoms with Crippen molar-refractivity contribution in [3.8, 4) is 11.8 Å². The molecule has 0 amide bonds. The number of aliphatic hydroxyl groups is 1. The number of benzene rings is 2. The van der Waals surface area contributed by atoms with Crippen molar-refractivity contribution in [3.05, 3.63) is 70.2 Å². The van der Waals surface area contributed by atoms with E-state index in [-0.39, 0.29) is 12.4 Å². The van der Waals surface area contributed by atoms with Crippen LogP contribution in [0.15, 0.2) is 48.5 Å². The summed E-state index contributed by atoms with van der Waals surface area (Å²) in [6.07, 6.45) is 0. The van der Waals surface area contributed by atoms with E-state index in [1.165, 1.54) is 0 Å². The second kappa shape index (κ2) is 6.19. The summed E-state index contributed by atoms with van der Waals surface area (Å²) in [5, 5.41) is 9.22. The zero-order chi connectivity index (χ0) is 13.7. The molecule has 94 valence electrons. The summed E-state index contributed by atoms with van der Waals surface area (Å²) < 4.78 is 0. The molecule has 0 heterocycles. The normalized spacial score (nSPS) is 9.58. The Balaban J connectivity index is 2.49. The maximum absolute atomic E-state index is 12.4. The van der Waals surface area contributed by atoms with E-state index in [0.29, 0.717) is 21.7 Å². The lowest BCUT2D eigenvalue weighted by Crippen LogP contribution is -2.04. The fourth-order valence-electron chi connectivity index (χ4n) is 1.69. The van der Waals surface area contributed by atoms with E-state index in [9.17, 15) is 4.79 Å². The molecule has 0 aromatic heterocycles. The lowest BCUT2D eigenvalue weighted by atomic mass is 9.98. The standard InChI is InChI=1S/C16H11ClO2/c17-14-9-8-12(7-4-10-18)15(11-14)16(19)13-5-2-1-3-6-13/h1-3,5-6,8-9,11,18H,10H2. The Morgan fingerprint density at radius 2 is 1.89 bits per heavy atom. The first-order chi connectivity index (χ1) is 9.22. The van der Waals surface area contributed by atoms with E-state index in [4.69, 9.17) is 16.7 Å². The van der Waals surface area contributed by atoms with Crippen LogP contribution in [0.2, 0.25) is 5.02 Å². The van der Waals surface area contributed by atoms with Crippen LogP contribution in [0.1, 0.15) is 21.5 Å². The van der Waals surface area contributed by atoms with Crippen molar-refractivity contribution in [3.63, 3.8) is 0 Å². The summed E-state index contributed by atoms with van der Waals surface area (Å²) in [5.74, 6) is 5.17. The molecule has 2 aromatic carbocycles. The molecule has 0 spiro atoms. The zero-order valence-electron chi connectivity index (χ0n) is 10.1. The number of rotatable bonds is 2. The van der Waals surface area contributed by atoms with Gasteiger partial charge < -0.3 is 5.11 Å². The third-order valence-electron chi connectivity index (χ3n) is 2.56. The molecule has 0 atom stereocenters. The molecule has 1 N–H and O–H groups in total. The van der Waals surface area contributed by atoms with Crippen molar-refractivity contribution in [2.75, 3.05) is 6.61 Å². The minimum atomic E-state index is -0.248. The third-order valence-corrected chi connectivity index (χ3v) is 2.80. The topological polar surface area (TPSA) is 37.3 Å². The van der Waals surface area contributed by atoms with E-state index >= 15 is 0 Å².